The summed E-state index contributed by atoms with van der Waals surface area (Å²) in [5.41, 5.74) is 2.23. The van der Waals surface area contributed by atoms with E-state index in [1.54, 1.807) is 30.3 Å². The summed E-state index contributed by atoms with van der Waals surface area (Å²) in [6.07, 6.45) is -0.813. The summed E-state index contributed by atoms with van der Waals surface area (Å²) in [6, 6.07) is 10.4. The van der Waals surface area contributed by atoms with E-state index >= 15 is 0 Å². The van der Waals surface area contributed by atoms with E-state index in [1.807, 2.05) is 13.0 Å². The zero-order valence-electron chi connectivity index (χ0n) is 9.62. The minimum atomic E-state index is -0.813. The number of halogens is 3. The Bertz CT molecular complexity index is 581. The van der Waals surface area contributed by atoms with Crippen molar-refractivity contribution in [3.63, 3.8) is 0 Å². The van der Waals surface area contributed by atoms with Gasteiger partial charge in [0.2, 0.25) is 0 Å². The van der Waals surface area contributed by atoms with Gasteiger partial charge in [-0.2, -0.15) is 0 Å². The fourth-order valence-corrected chi connectivity index (χ4v) is 2.26. The van der Waals surface area contributed by atoms with Crippen LogP contribution in [0.4, 0.5) is 0 Å². The molecule has 0 aliphatic carbocycles. The first-order valence-corrected chi connectivity index (χ1v) is 6.51. The molecule has 1 N–H and O–H groups in total. The van der Waals surface area contributed by atoms with Crippen LogP contribution in [0.3, 0.4) is 0 Å². The Balaban J connectivity index is 2.44. The van der Waals surface area contributed by atoms with Crippen LogP contribution in [0.25, 0.3) is 0 Å². The van der Waals surface area contributed by atoms with Gasteiger partial charge < -0.3 is 5.11 Å². The van der Waals surface area contributed by atoms with Crippen LogP contribution in [0.15, 0.2) is 36.4 Å². The molecule has 94 valence electrons. The third-order valence-electron chi connectivity index (χ3n) is 2.75. The van der Waals surface area contributed by atoms with Gasteiger partial charge in [0.05, 0.1) is 0 Å². The van der Waals surface area contributed by atoms with Crippen LogP contribution < -0.4 is 0 Å². The molecular weight excluding hydrogens is 291 g/mol. The monoisotopic (exact) mass is 300 g/mol. The molecule has 0 heterocycles. The highest BCUT2D eigenvalue weighted by molar-refractivity contribution is 6.33. The van der Waals surface area contributed by atoms with E-state index in [9.17, 15) is 5.11 Å². The molecule has 0 aliphatic heterocycles. The Morgan fingerprint density at radius 1 is 0.944 bits per heavy atom. The molecule has 0 saturated carbocycles. The van der Waals surface area contributed by atoms with Crippen molar-refractivity contribution in [1.29, 1.82) is 0 Å². The standard InChI is InChI=1S/C14H11Cl3O/c1-8-6-9(2-4-12(8)16)14(18)11-7-10(15)3-5-13(11)17/h2-7,14,18H,1H3. The molecule has 2 aromatic carbocycles. The van der Waals surface area contributed by atoms with E-state index in [0.29, 0.717) is 20.6 Å². The van der Waals surface area contributed by atoms with Crippen molar-refractivity contribution in [3.05, 3.63) is 68.2 Å². The molecule has 2 rings (SSSR count). The van der Waals surface area contributed by atoms with E-state index in [-0.39, 0.29) is 0 Å². The Hall–Kier alpha value is -0.730. The molecule has 0 spiro atoms. The molecule has 0 aromatic heterocycles. The summed E-state index contributed by atoms with van der Waals surface area (Å²) in [5, 5.41) is 12.0. The number of aliphatic hydroxyl groups excluding tert-OH is 1. The zero-order valence-corrected chi connectivity index (χ0v) is 11.9. The molecule has 0 bridgehead atoms. The van der Waals surface area contributed by atoms with Crippen molar-refractivity contribution >= 4 is 34.8 Å². The topological polar surface area (TPSA) is 20.2 Å². The van der Waals surface area contributed by atoms with Crippen LogP contribution in [0, 0.1) is 6.92 Å². The van der Waals surface area contributed by atoms with Crippen LogP contribution >= 0.6 is 34.8 Å². The molecular formula is C14H11Cl3O. The van der Waals surface area contributed by atoms with Gasteiger partial charge in [-0.1, -0.05) is 46.9 Å². The van der Waals surface area contributed by atoms with Crippen LogP contribution in [0.5, 0.6) is 0 Å². The summed E-state index contributed by atoms with van der Waals surface area (Å²) in [7, 11) is 0. The molecule has 0 amide bonds. The zero-order chi connectivity index (χ0) is 13.3. The third kappa shape index (κ3) is 2.81. The largest absolute Gasteiger partial charge is 0.384 e. The maximum Gasteiger partial charge on any atom is 0.106 e. The lowest BCUT2D eigenvalue weighted by molar-refractivity contribution is 0.220. The molecule has 1 unspecified atom stereocenters. The lowest BCUT2D eigenvalue weighted by atomic mass is 10.00. The van der Waals surface area contributed by atoms with Gasteiger partial charge in [0.15, 0.2) is 0 Å². The van der Waals surface area contributed by atoms with Crippen molar-refractivity contribution in [2.75, 3.05) is 0 Å². The number of rotatable bonds is 2. The summed E-state index contributed by atoms with van der Waals surface area (Å²) in [5.74, 6) is 0. The van der Waals surface area contributed by atoms with Crippen molar-refractivity contribution in [2.45, 2.75) is 13.0 Å². The van der Waals surface area contributed by atoms with Crippen LogP contribution in [0.1, 0.15) is 22.8 Å². The average Bonchev–Trinajstić information content (AvgIpc) is 2.35. The highest BCUT2D eigenvalue weighted by atomic mass is 35.5. The highest BCUT2D eigenvalue weighted by Gasteiger charge is 2.15. The van der Waals surface area contributed by atoms with Crippen molar-refractivity contribution in [2.24, 2.45) is 0 Å². The van der Waals surface area contributed by atoms with E-state index in [1.165, 1.54) is 0 Å². The molecule has 0 saturated heterocycles. The minimum Gasteiger partial charge on any atom is -0.384 e. The fourth-order valence-electron chi connectivity index (χ4n) is 1.74. The molecule has 1 atom stereocenters. The predicted molar refractivity (Wildman–Crippen MR) is 76.7 cm³/mol. The van der Waals surface area contributed by atoms with Gasteiger partial charge >= 0.3 is 0 Å². The lowest BCUT2D eigenvalue weighted by Crippen LogP contribution is -2.01. The van der Waals surface area contributed by atoms with E-state index in [0.717, 1.165) is 11.1 Å². The minimum absolute atomic E-state index is 0.486. The number of benzene rings is 2. The predicted octanol–water partition coefficient (Wildman–Crippen LogP) is 5.04. The summed E-state index contributed by atoms with van der Waals surface area (Å²) < 4.78 is 0. The summed E-state index contributed by atoms with van der Waals surface area (Å²) >= 11 is 17.9. The van der Waals surface area contributed by atoms with Gasteiger partial charge in [0, 0.05) is 20.6 Å². The van der Waals surface area contributed by atoms with Crippen molar-refractivity contribution < 1.29 is 5.11 Å². The van der Waals surface area contributed by atoms with Gasteiger partial charge in [-0.3, -0.25) is 0 Å². The number of aliphatic hydroxyl groups is 1. The van der Waals surface area contributed by atoms with Gasteiger partial charge in [0.1, 0.15) is 6.10 Å². The highest BCUT2D eigenvalue weighted by Crippen LogP contribution is 2.31. The van der Waals surface area contributed by atoms with E-state index in [2.05, 4.69) is 0 Å². The second-order valence-corrected chi connectivity index (χ2v) is 5.33. The smallest absolute Gasteiger partial charge is 0.106 e. The normalized spacial score (nSPS) is 12.5. The van der Waals surface area contributed by atoms with E-state index < -0.39 is 6.10 Å². The third-order valence-corrected chi connectivity index (χ3v) is 3.75. The average molecular weight is 302 g/mol. The second-order valence-electron chi connectivity index (χ2n) is 4.08. The maximum absolute atomic E-state index is 10.3. The van der Waals surface area contributed by atoms with E-state index in [4.69, 9.17) is 34.8 Å². The van der Waals surface area contributed by atoms with Crippen LogP contribution in [-0.2, 0) is 0 Å². The fraction of sp³-hybridized carbons (Fsp3) is 0.143. The van der Waals surface area contributed by atoms with Crippen LogP contribution in [-0.4, -0.2) is 5.11 Å². The van der Waals surface area contributed by atoms with Crippen LogP contribution in [0.2, 0.25) is 15.1 Å². The first-order valence-electron chi connectivity index (χ1n) is 5.38. The second kappa shape index (κ2) is 5.50. The molecule has 1 nitrogen and oxygen atoms in total. The molecule has 0 fully saturated rings. The Labute approximate surface area is 121 Å². The van der Waals surface area contributed by atoms with Gasteiger partial charge in [-0.15, -0.1) is 0 Å². The van der Waals surface area contributed by atoms with Gasteiger partial charge in [-0.25, -0.2) is 0 Å². The molecule has 4 heteroatoms. The first kappa shape index (κ1) is 13.7. The Morgan fingerprint density at radius 2 is 1.61 bits per heavy atom. The van der Waals surface area contributed by atoms with Crippen molar-refractivity contribution in [3.8, 4) is 0 Å². The van der Waals surface area contributed by atoms with Gasteiger partial charge in [0.25, 0.3) is 0 Å². The Morgan fingerprint density at radius 3 is 2.28 bits per heavy atom. The quantitative estimate of drug-likeness (QED) is 0.824. The number of hydrogen-bond donors (Lipinski definition) is 1. The molecule has 18 heavy (non-hydrogen) atoms. The summed E-state index contributed by atoms with van der Waals surface area (Å²) in [4.78, 5) is 0. The molecule has 0 aliphatic rings. The molecule has 0 radical (unpaired) electrons. The number of aryl methyl sites for hydroxylation is 1. The Kier molecular flexibility index (Phi) is 4.18. The first-order chi connectivity index (χ1) is 8.49. The SMILES string of the molecule is Cc1cc(C(O)c2cc(Cl)ccc2Cl)ccc1Cl. The number of hydrogen-bond acceptors (Lipinski definition) is 1. The lowest BCUT2D eigenvalue weighted by Gasteiger charge is -2.14. The van der Waals surface area contributed by atoms with Gasteiger partial charge in [-0.05, 0) is 42.3 Å². The summed E-state index contributed by atoms with van der Waals surface area (Å²) in [6.45, 7) is 1.89. The van der Waals surface area contributed by atoms with Crippen molar-refractivity contribution in [1.82, 2.24) is 0 Å². The maximum atomic E-state index is 10.3. The molecule has 2 aromatic rings.